The Morgan fingerprint density at radius 2 is 1.03 bits per heavy atom. The molecule has 0 bridgehead atoms. The van der Waals surface area contributed by atoms with Crippen molar-refractivity contribution in [2.24, 2.45) is 0 Å². The number of esters is 5. The summed E-state index contributed by atoms with van der Waals surface area (Å²) >= 11 is 0. The molecule has 0 saturated carbocycles. The van der Waals surface area contributed by atoms with Gasteiger partial charge in [-0.25, -0.2) is 4.79 Å². The fourth-order valence-corrected chi connectivity index (χ4v) is 8.85. The van der Waals surface area contributed by atoms with E-state index in [1.54, 1.807) is 36.4 Å². The Morgan fingerprint density at radius 1 is 0.577 bits per heavy atom. The number of unbranched alkanes of at least 4 members (excludes halogenated alkanes) is 25. The van der Waals surface area contributed by atoms with Crippen molar-refractivity contribution in [3.05, 3.63) is 48.0 Å². The van der Waals surface area contributed by atoms with Gasteiger partial charge in [-0.2, -0.15) is 0 Å². The molecule has 404 valence electrons. The van der Waals surface area contributed by atoms with Gasteiger partial charge in [-0.3, -0.25) is 24.0 Å². The Hall–Kier alpha value is -4.30. The largest absolute Gasteiger partial charge is 0.463 e. The van der Waals surface area contributed by atoms with Crippen LogP contribution < -0.4 is 5.32 Å². The molecule has 14 nitrogen and oxygen atoms in total. The van der Waals surface area contributed by atoms with Gasteiger partial charge in [0.25, 0.3) is 0 Å². The van der Waals surface area contributed by atoms with Crippen LogP contribution in [0, 0.1) is 0 Å². The first-order valence-corrected chi connectivity index (χ1v) is 27.5. The van der Waals surface area contributed by atoms with E-state index in [1.807, 2.05) is 6.08 Å². The Morgan fingerprint density at radius 3 is 1.51 bits per heavy atom. The predicted octanol–water partition coefficient (Wildman–Crippen LogP) is 12.3. The molecule has 1 N–H and O–H groups in total. The smallest absolute Gasteiger partial charge is 0.338 e. The lowest BCUT2D eigenvalue weighted by atomic mass is 10.0. The lowest BCUT2D eigenvalue weighted by Crippen LogP contribution is -2.63. The van der Waals surface area contributed by atoms with Gasteiger partial charge in [0.05, 0.1) is 18.2 Å². The summed E-state index contributed by atoms with van der Waals surface area (Å²) in [6, 6.07) is 7.57. The van der Waals surface area contributed by atoms with Crippen LogP contribution in [0.5, 0.6) is 0 Å². The average Bonchev–Trinajstić information content (AvgIpc) is 3.33. The SMILES string of the molecule is CCCCCCCCCCCCC/C=C/[C@@H](OC(=O)c1ccccc1)[C@H](CO[14C@@H]1O[14C@H]([14CH2]OC(C)=O)[14C@@H](OC(C)=O)[14C@H](OC(C)=O)[14C@H]1OC(C)=O)NC(=O)CCCCCCCCCCCCCCCCC. The Bertz CT molecular complexity index is 1640. The third-order valence-electron chi connectivity index (χ3n) is 12.7. The second-order valence-electron chi connectivity index (χ2n) is 19.3. The summed E-state index contributed by atoms with van der Waals surface area (Å²) in [6.45, 7) is 8.33. The lowest BCUT2D eigenvalue weighted by Gasteiger charge is -2.44. The maximum absolute atomic E-state index is 13.8. The molecule has 0 radical (unpaired) electrons. The molecular formula is C57H93NO13. The van der Waals surface area contributed by atoms with E-state index in [2.05, 4.69) is 19.2 Å². The minimum Gasteiger partial charge on any atom is -0.463 e. The van der Waals surface area contributed by atoms with Gasteiger partial charge in [-0.05, 0) is 37.5 Å². The first-order valence-electron chi connectivity index (χ1n) is 27.5. The summed E-state index contributed by atoms with van der Waals surface area (Å²) in [5.74, 6) is -3.85. The topological polar surface area (TPSA) is 179 Å². The molecule has 1 amide bonds. The van der Waals surface area contributed by atoms with Crippen LogP contribution in [0.4, 0.5) is 0 Å². The highest BCUT2D eigenvalue weighted by Crippen LogP contribution is 2.30. The molecule has 1 heterocycles. The number of nitrogens with one attached hydrogen (secondary N) is 1. The highest BCUT2D eigenvalue weighted by molar-refractivity contribution is 5.89. The minimum absolute atomic E-state index is 0.232. The van der Waals surface area contributed by atoms with Crippen LogP contribution in [0.1, 0.15) is 232 Å². The van der Waals surface area contributed by atoms with E-state index >= 15 is 0 Å². The summed E-state index contributed by atoms with van der Waals surface area (Å²) in [5, 5.41) is 3.07. The molecule has 1 aromatic carbocycles. The average molecular weight is 1010 g/mol. The normalized spacial score (nSPS) is 18.6. The zero-order valence-electron chi connectivity index (χ0n) is 44.6. The quantitative estimate of drug-likeness (QED) is 0.0284. The van der Waals surface area contributed by atoms with Crippen molar-refractivity contribution in [2.75, 3.05) is 13.2 Å². The third-order valence-corrected chi connectivity index (χ3v) is 12.7. The number of carbonyl (C=O) groups excluding carboxylic acids is 6. The fraction of sp³-hybridized carbons (Fsp3) is 0.754. The fourth-order valence-electron chi connectivity index (χ4n) is 8.85. The van der Waals surface area contributed by atoms with Crippen molar-refractivity contribution in [3.8, 4) is 0 Å². The molecule has 1 saturated heterocycles. The molecule has 71 heavy (non-hydrogen) atoms. The standard InChI is InChI=1S/C57H93NO13/c1-7-9-11-13-15-17-19-21-22-24-26-28-30-32-37-41-52(63)58-49(42-66-57-55(69-47(6)62)54(68-46(5)61)53(67-45(4)60)51(71-57)43-65-44(3)59)50(70-56(64)48-38-34-33-35-39-48)40-36-31-29-27-25-23-20-18-16-14-12-10-8-2/h33-36,38-40,49-51,53-55,57H,7-32,37,41-43H2,1-6H3,(H,58,63)/b40-36+/t49-,50+,51+,53+,54-,55+,57+/m0/s1/i43+2,51+2,53+2,54+2,55+2,57+2. The number of rotatable bonds is 41. The van der Waals surface area contributed by atoms with Gasteiger partial charge in [-0.1, -0.05) is 192 Å². The molecule has 0 aromatic heterocycles. The van der Waals surface area contributed by atoms with E-state index in [1.165, 1.54) is 129 Å². The molecule has 1 aliphatic rings. The number of hydrogen-bond acceptors (Lipinski definition) is 13. The van der Waals surface area contributed by atoms with Gasteiger partial charge >= 0.3 is 29.8 Å². The summed E-state index contributed by atoms with van der Waals surface area (Å²) in [6.07, 6.45) is 27.9. The van der Waals surface area contributed by atoms with E-state index in [0.29, 0.717) is 12.0 Å². The lowest BCUT2D eigenvalue weighted by molar-refractivity contribution is -0.309. The van der Waals surface area contributed by atoms with Crippen LogP contribution in [0.15, 0.2) is 42.5 Å². The molecule has 14 heteroatoms. The van der Waals surface area contributed by atoms with Crippen molar-refractivity contribution in [1.29, 1.82) is 0 Å². The van der Waals surface area contributed by atoms with Crippen molar-refractivity contribution in [1.82, 2.24) is 5.32 Å². The Kier molecular flexibility index (Phi) is 35.6. The summed E-state index contributed by atoms with van der Waals surface area (Å²) in [7, 11) is 0. The van der Waals surface area contributed by atoms with E-state index in [9.17, 15) is 28.8 Å². The van der Waals surface area contributed by atoms with Crippen molar-refractivity contribution < 1.29 is 61.9 Å². The van der Waals surface area contributed by atoms with Crippen LogP contribution in [0.3, 0.4) is 0 Å². The molecule has 2 rings (SSSR count). The third kappa shape index (κ3) is 30.4. The zero-order valence-corrected chi connectivity index (χ0v) is 44.6. The monoisotopic (exact) mass is 1010 g/mol. The van der Waals surface area contributed by atoms with Crippen LogP contribution in [-0.4, -0.2) is 91.8 Å². The van der Waals surface area contributed by atoms with Gasteiger partial charge < -0.3 is 38.5 Å². The summed E-state index contributed by atoms with van der Waals surface area (Å²) in [4.78, 5) is 76.9. The number of carbonyl (C=O) groups is 6. The van der Waals surface area contributed by atoms with Crippen LogP contribution in [-0.2, 0) is 57.1 Å². The zero-order chi connectivity index (χ0) is 51.9. The van der Waals surface area contributed by atoms with Gasteiger partial charge in [0.2, 0.25) is 5.91 Å². The molecular weight excluding hydrogens is 919 g/mol. The molecule has 0 spiro atoms. The second kappa shape index (κ2) is 40.2. The van der Waals surface area contributed by atoms with Gasteiger partial charge in [0, 0.05) is 34.1 Å². The Balaban J connectivity index is 2.28. The molecule has 7 atom stereocenters. The molecule has 0 unspecified atom stereocenters. The molecule has 0 aliphatic carbocycles. The van der Waals surface area contributed by atoms with E-state index in [0.717, 1.165) is 65.7 Å². The Labute approximate surface area is 427 Å². The highest BCUT2D eigenvalue weighted by Gasteiger charge is 2.53. The molecule has 1 aromatic rings. The molecule has 1 fully saturated rings. The van der Waals surface area contributed by atoms with E-state index in [-0.39, 0.29) is 18.9 Å². The van der Waals surface area contributed by atoms with Crippen molar-refractivity contribution in [3.63, 3.8) is 0 Å². The van der Waals surface area contributed by atoms with Crippen molar-refractivity contribution >= 4 is 35.8 Å². The van der Waals surface area contributed by atoms with Crippen LogP contribution >= 0.6 is 0 Å². The first kappa shape index (κ1) is 62.8. The second-order valence-corrected chi connectivity index (χ2v) is 19.3. The number of hydrogen-bond donors (Lipinski definition) is 1. The van der Waals surface area contributed by atoms with Gasteiger partial charge in [-0.15, -0.1) is 0 Å². The molecule has 1 aliphatic heterocycles. The van der Waals surface area contributed by atoms with Gasteiger partial charge in [0.15, 0.2) is 24.6 Å². The van der Waals surface area contributed by atoms with Crippen LogP contribution in [0.25, 0.3) is 0 Å². The maximum atomic E-state index is 13.8. The maximum Gasteiger partial charge on any atom is 0.338 e. The minimum atomic E-state index is -1.50. The summed E-state index contributed by atoms with van der Waals surface area (Å²) < 4.78 is 40.8. The number of amides is 1. The number of benzene rings is 1. The van der Waals surface area contributed by atoms with E-state index < -0.39 is 79.3 Å². The van der Waals surface area contributed by atoms with Crippen molar-refractivity contribution in [2.45, 2.75) is 264 Å². The first-order chi connectivity index (χ1) is 34.4. The summed E-state index contributed by atoms with van der Waals surface area (Å²) in [5.41, 5.74) is 0.319. The highest BCUT2D eigenvalue weighted by atomic mass is 17.2. The van der Waals surface area contributed by atoms with Crippen LogP contribution in [0.2, 0.25) is 0 Å². The number of ether oxygens (including phenoxy) is 7. The van der Waals surface area contributed by atoms with Gasteiger partial charge in [0.1, 0.15) is 18.8 Å². The number of allylic oxidation sites excluding steroid dienone is 1. The van der Waals surface area contributed by atoms with E-state index in [4.69, 9.17) is 33.2 Å². The predicted molar refractivity (Wildman–Crippen MR) is 275 cm³/mol.